The van der Waals surface area contributed by atoms with E-state index in [1.807, 2.05) is 12.1 Å². The van der Waals surface area contributed by atoms with E-state index in [4.69, 9.17) is 11.5 Å². The first kappa shape index (κ1) is 12.0. The molecule has 0 aliphatic rings. The van der Waals surface area contributed by atoms with Gasteiger partial charge in [0.25, 0.3) is 0 Å². The number of rotatable bonds is 4. The van der Waals surface area contributed by atoms with Crippen molar-refractivity contribution in [3.05, 3.63) is 30.6 Å². The van der Waals surface area contributed by atoms with Gasteiger partial charge in [0.2, 0.25) is 0 Å². The first-order valence-corrected chi connectivity index (χ1v) is 5.47. The van der Waals surface area contributed by atoms with E-state index in [9.17, 15) is 4.79 Å². The molecule has 94 valence electrons. The summed E-state index contributed by atoms with van der Waals surface area (Å²) in [6.07, 6.45) is 2.64. The zero-order valence-electron chi connectivity index (χ0n) is 9.72. The quantitative estimate of drug-likeness (QED) is 0.557. The summed E-state index contributed by atoms with van der Waals surface area (Å²) in [5.74, 6) is 0. The Morgan fingerprint density at radius 1 is 1.33 bits per heavy atom. The van der Waals surface area contributed by atoms with Gasteiger partial charge < -0.3 is 21.5 Å². The summed E-state index contributed by atoms with van der Waals surface area (Å²) in [5, 5.41) is 5.02. The maximum atomic E-state index is 10.4. The number of benzene rings is 1. The number of amides is 1. The highest BCUT2D eigenvalue weighted by atomic mass is 16.5. The van der Waals surface area contributed by atoms with Gasteiger partial charge in [-0.2, -0.15) is 0 Å². The maximum Gasteiger partial charge on any atom is 0.404 e. The van der Waals surface area contributed by atoms with E-state index in [1.165, 1.54) is 0 Å². The highest BCUT2D eigenvalue weighted by Gasteiger charge is 2.03. The summed E-state index contributed by atoms with van der Waals surface area (Å²) >= 11 is 0. The fourth-order valence-electron chi connectivity index (χ4n) is 1.70. The summed E-state index contributed by atoms with van der Waals surface area (Å²) in [6, 6.07) is 5.56. The molecule has 0 saturated heterocycles. The average Bonchev–Trinajstić information content (AvgIpc) is 2.37. The molecule has 6 heteroatoms. The third-order valence-electron chi connectivity index (χ3n) is 2.51. The molecule has 1 aromatic carbocycles. The van der Waals surface area contributed by atoms with Crippen molar-refractivity contribution < 1.29 is 9.53 Å². The molecule has 0 saturated carbocycles. The number of carbonyl (C=O) groups excluding carboxylic acids is 1. The lowest BCUT2D eigenvalue weighted by atomic mass is 10.1. The molecule has 1 amide bonds. The van der Waals surface area contributed by atoms with E-state index in [0.29, 0.717) is 12.2 Å². The fourth-order valence-corrected chi connectivity index (χ4v) is 1.70. The van der Waals surface area contributed by atoms with E-state index in [1.54, 1.807) is 18.5 Å². The van der Waals surface area contributed by atoms with E-state index in [-0.39, 0.29) is 6.61 Å². The van der Waals surface area contributed by atoms with Gasteiger partial charge in [-0.05, 0) is 18.2 Å². The van der Waals surface area contributed by atoms with Crippen LogP contribution in [0.5, 0.6) is 0 Å². The number of hydrogen-bond acceptors (Lipinski definition) is 5. The van der Waals surface area contributed by atoms with Crippen LogP contribution >= 0.6 is 0 Å². The minimum atomic E-state index is -0.775. The van der Waals surface area contributed by atoms with Crippen molar-refractivity contribution in [1.29, 1.82) is 0 Å². The van der Waals surface area contributed by atoms with Crippen LogP contribution in [0.3, 0.4) is 0 Å². The molecule has 1 heterocycles. The van der Waals surface area contributed by atoms with Gasteiger partial charge in [-0.1, -0.05) is 0 Å². The van der Waals surface area contributed by atoms with E-state index in [0.717, 1.165) is 16.5 Å². The summed E-state index contributed by atoms with van der Waals surface area (Å²) in [4.78, 5) is 14.5. The van der Waals surface area contributed by atoms with Crippen molar-refractivity contribution in [2.24, 2.45) is 5.73 Å². The number of nitrogens with two attached hydrogens (primary N) is 2. The van der Waals surface area contributed by atoms with Gasteiger partial charge >= 0.3 is 6.09 Å². The molecule has 0 spiro atoms. The third-order valence-corrected chi connectivity index (χ3v) is 2.51. The number of fused-ring (bicyclic) bond motifs is 1. The molecule has 6 nitrogen and oxygen atoms in total. The van der Waals surface area contributed by atoms with Gasteiger partial charge in [0.05, 0.1) is 0 Å². The Balaban J connectivity index is 2.14. The number of anilines is 2. The first-order chi connectivity index (χ1) is 8.68. The Labute approximate surface area is 104 Å². The smallest absolute Gasteiger partial charge is 0.404 e. The Hall–Kier alpha value is -2.50. The van der Waals surface area contributed by atoms with Crippen molar-refractivity contribution in [3.8, 4) is 0 Å². The van der Waals surface area contributed by atoms with E-state index in [2.05, 4.69) is 15.0 Å². The molecule has 1 aromatic heterocycles. The molecule has 2 aromatic rings. The van der Waals surface area contributed by atoms with Crippen LogP contribution in [0, 0.1) is 0 Å². The number of carbonyl (C=O) groups is 1. The highest BCUT2D eigenvalue weighted by Crippen LogP contribution is 2.27. The van der Waals surface area contributed by atoms with Crippen LogP contribution in [-0.2, 0) is 4.74 Å². The third kappa shape index (κ3) is 2.60. The molecule has 0 fully saturated rings. The lowest BCUT2D eigenvalue weighted by Gasteiger charge is -2.10. The number of ether oxygens (including phenoxy) is 1. The predicted octanol–water partition coefficient (Wildman–Crippen LogP) is 1.32. The number of nitrogens with zero attached hydrogens (tertiary/aromatic N) is 1. The van der Waals surface area contributed by atoms with Crippen LogP contribution < -0.4 is 16.8 Å². The molecular formula is C12H14N4O2. The normalized spacial score (nSPS) is 10.2. The second-order valence-electron chi connectivity index (χ2n) is 3.72. The number of nitrogens with one attached hydrogen (secondary N) is 1. The van der Waals surface area contributed by atoms with Crippen LogP contribution in [0.2, 0.25) is 0 Å². The van der Waals surface area contributed by atoms with E-state index < -0.39 is 6.09 Å². The monoisotopic (exact) mass is 246 g/mol. The van der Waals surface area contributed by atoms with Crippen LogP contribution in [0.4, 0.5) is 16.2 Å². The maximum absolute atomic E-state index is 10.4. The van der Waals surface area contributed by atoms with Crippen molar-refractivity contribution in [2.75, 3.05) is 24.2 Å². The summed E-state index contributed by atoms with van der Waals surface area (Å²) in [6.45, 7) is 0.691. The van der Waals surface area contributed by atoms with E-state index >= 15 is 0 Å². The zero-order chi connectivity index (χ0) is 13.0. The molecular weight excluding hydrogens is 232 g/mol. The lowest BCUT2D eigenvalue weighted by Crippen LogP contribution is -2.18. The van der Waals surface area contributed by atoms with Crippen molar-refractivity contribution in [2.45, 2.75) is 0 Å². The van der Waals surface area contributed by atoms with Crippen LogP contribution in [0.1, 0.15) is 0 Å². The van der Waals surface area contributed by atoms with Gasteiger partial charge in [0.1, 0.15) is 6.61 Å². The lowest BCUT2D eigenvalue weighted by molar-refractivity contribution is 0.161. The second kappa shape index (κ2) is 5.22. The molecule has 5 N–H and O–H groups in total. The number of nitrogen functional groups attached to an aromatic ring is 1. The van der Waals surface area contributed by atoms with Crippen LogP contribution in [-0.4, -0.2) is 24.2 Å². The van der Waals surface area contributed by atoms with Gasteiger partial charge in [0, 0.05) is 41.1 Å². The molecule has 18 heavy (non-hydrogen) atoms. The summed E-state index contributed by atoms with van der Waals surface area (Å²) in [7, 11) is 0. The first-order valence-electron chi connectivity index (χ1n) is 5.47. The van der Waals surface area contributed by atoms with Crippen molar-refractivity contribution in [3.63, 3.8) is 0 Å². The fraction of sp³-hybridized carbons (Fsp3) is 0.167. The van der Waals surface area contributed by atoms with Crippen LogP contribution in [0.15, 0.2) is 30.6 Å². The molecule has 0 atom stereocenters. The average molecular weight is 246 g/mol. The largest absolute Gasteiger partial charge is 0.448 e. The Morgan fingerprint density at radius 3 is 2.94 bits per heavy atom. The number of primary amides is 1. The zero-order valence-corrected chi connectivity index (χ0v) is 9.72. The SMILES string of the molecule is NC(=O)OCCNc1ccc(N)c2cnccc12. The molecule has 2 rings (SSSR count). The Bertz CT molecular complexity index is 571. The minimum absolute atomic E-state index is 0.215. The van der Waals surface area contributed by atoms with Gasteiger partial charge in [-0.15, -0.1) is 0 Å². The molecule has 0 aliphatic heterocycles. The number of aromatic nitrogens is 1. The summed E-state index contributed by atoms with van der Waals surface area (Å²) < 4.78 is 4.64. The molecule has 0 aliphatic carbocycles. The second-order valence-corrected chi connectivity index (χ2v) is 3.72. The summed E-state index contributed by atoms with van der Waals surface area (Å²) in [5.41, 5.74) is 12.3. The standard InChI is InChI=1S/C12H14N4O2/c13-10-1-2-11(16-5-6-18-12(14)17)8-3-4-15-7-9(8)10/h1-4,7,16H,5-6,13H2,(H2,14,17). The van der Waals surface area contributed by atoms with Crippen molar-refractivity contribution >= 4 is 28.2 Å². The predicted molar refractivity (Wildman–Crippen MR) is 70.2 cm³/mol. The number of hydrogen-bond donors (Lipinski definition) is 3. The molecule has 0 bridgehead atoms. The van der Waals surface area contributed by atoms with Crippen LogP contribution in [0.25, 0.3) is 10.8 Å². The topological polar surface area (TPSA) is 103 Å². The van der Waals surface area contributed by atoms with Gasteiger partial charge in [-0.3, -0.25) is 4.98 Å². The Morgan fingerprint density at radius 2 is 2.17 bits per heavy atom. The number of pyridine rings is 1. The van der Waals surface area contributed by atoms with Gasteiger partial charge in [0.15, 0.2) is 0 Å². The molecule has 0 radical (unpaired) electrons. The molecule has 0 unspecified atom stereocenters. The Kier molecular flexibility index (Phi) is 3.47. The minimum Gasteiger partial charge on any atom is -0.448 e. The highest BCUT2D eigenvalue weighted by molar-refractivity contribution is 6.00. The van der Waals surface area contributed by atoms with Crippen molar-refractivity contribution in [1.82, 2.24) is 4.98 Å². The van der Waals surface area contributed by atoms with Gasteiger partial charge in [-0.25, -0.2) is 4.79 Å².